The van der Waals surface area contributed by atoms with Gasteiger partial charge in [0.2, 0.25) is 0 Å². The lowest BCUT2D eigenvalue weighted by atomic mass is 9.84. The molecule has 326 valence electrons. The number of benzene rings is 2. The first-order valence-electron chi connectivity index (χ1n) is 20.3. The zero-order chi connectivity index (χ0) is 41.5. The summed E-state index contributed by atoms with van der Waals surface area (Å²) < 4.78 is 43.4. The highest BCUT2D eigenvalue weighted by atomic mass is 16.8. The number of rotatable bonds is 17. The van der Waals surface area contributed by atoms with Crippen molar-refractivity contribution >= 4 is 0 Å². The Morgan fingerprint density at radius 1 is 0.690 bits per heavy atom. The molecule has 0 bridgehead atoms. The fraction of sp³-hybridized carbons (Fsp3) is 0.700. The Bertz CT molecular complexity index is 1510. The minimum atomic E-state index is -1.56. The fourth-order valence-electron chi connectivity index (χ4n) is 8.32. The molecule has 0 radical (unpaired) electrons. The zero-order valence-electron chi connectivity index (χ0n) is 33.0. The van der Waals surface area contributed by atoms with Crippen molar-refractivity contribution in [1.82, 2.24) is 4.90 Å². The monoisotopic (exact) mass is 820 g/mol. The fourth-order valence-corrected chi connectivity index (χ4v) is 8.32. The van der Waals surface area contributed by atoms with Gasteiger partial charge in [-0.1, -0.05) is 67.6 Å². The van der Waals surface area contributed by atoms with Gasteiger partial charge in [0.1, 0.15) is 48.8 Å². The lowest BCUT2D eigenvalue weighted by molar-refractivity contribution is -0.293. The smallest absolute Gasteiger partial charge is 0.187 e. The molecule has 18 heteroatoms. The lowest BCUT2D eigenvalue weighted by Crippen LogP contribution is -2.66. The SMILES string of the molecule is CCN(Cc1ccccc1)[C@H](COCc1ccccc1)[C@@H]1CC[C@@H](N)[C@@H](O[C@H]2[C@H](O[C@@H]3O[C@H](CO)[C@@H](O[C@H]4O[C@@H](CN)[C@@H](O)[C@H](O)[C@H]4N)[C@H]3O)[C@@H](O)[C@H](N)C[C@@H]2N)O1. The maximum absolute atomic E-state index is 11.5. The predicted octanol–water partition coefficient (Wildman–Crippen LogP) is -2.69. The second-order valence-electron chi connectivity index (χ2n) is 15.8. The van der Waals surface area contributed by atoms with Crippen molar-refractivity contribution in [3.05, 3.63) is 71.8 Å². The second kappa shape index (κ2) is 21.0. The molecule has 3 saturated heterocycles. The molecule has 0 spiro atoms. The summed E-state index contributed by atoms with van der Waals surface area (Å²) in [5.74, 6) is 0. The van der Waals surface area contributed by atoms with E-state index < -0.39 is 105 Å². The van der Waals surface area contributed by atoms with Crippen molar-refractivity contribution in [2.45, 2.75) is 149 Å². The lowest BCUT2D eigenvalue weighted by Gasteiger charge is -2.47. The van der Waals surface area contributed by atoms with Crippen molar-refractivity contribution < 1.29 is 58.7 Å². The summed E-state index contributed by atoms with van der Waals surface area (Å²) in [6.45, 7) is 3.53. The summed E-state index contributed by atoms with van der Waals surface area (Å²) >= 11 is 0. The molecule has 2 aromatic rings. The summed E-state index contributed by atoms with van der Waals surface area (Å²) in [6, 6.07) is 16.6. The van der Waals surface area contributed by atoms with Crippen LogP contribution in [-0.2, 0) is 46.3 Å². The first kappa shape index (κ1) is 45.3. The van der Waals surface area contributed by atoms with Crippen LogP contribution in [0.2, 0.25) is 0 Å². The summed E-state index contributed by atoms with van der Waals surface area (Å²) in [6.07, 6.45) is -14.1. The van der Waals surface area contributed by atoms with Gasteiger partial charge in [-0.15, -0.1) is 0 Å². The maximum Gasteiger partial charge on any atom is 0.187 e. The van der Waals surface area contributed by atoms with Crippen molar-refractivity contribution in [3.63, 3.8) is 0 Å². The topological polar surface area (TPSA) is 299 Å². The summed E-state index contributed by atoms with van der Waals surface area (Å²) in [5, 5.41) is 53.9. The number of aliphatic hydroxyl groups excluding tert-OH is 5. The van der Waals surface area contributed by atoms with Gasteiger partial charge in [0, 0.05) is 25.2 Å². The van der Waals surface area contributed by atoms with E-state index in [0.717, 1.165) is 17.7 Å². The number of nitrogens with zero attached hydrogens (tertiary/aromatic N) is 1. The molecule has 0 unspecified atom stereocenters. The van der Waals surface area contributed by atoms with E-state index in [4.69, 9.17) is 61.8 Å². The third-order valence-corrected chi connectivity index (χ3v) is 11.8. The van der Waals surface area contributed by atoms with Gasteiger partial charge in [-0.2, -0.15) is 0 Å². The van der Waals surface area contributed by atoms with Gasteiger partial charge in [-0.3, -0.25) is 4.90 Å². The Morgan fingerprint density at radius 2 is 1.33 bits per heavy atom. The Morgan fingerprint density at radius 3 is 1.98 bits per heavy atom. The predicted molar refractivity (Wildman–Crippen MR) is 209 cm³/mol. The zero-order valence-corrected chi connectivity index (χ0v) is 33.0. The molecule has 3 aliphatic heterocycles. The number of hydrogen-bond acceptors (Lipinski definition) is 18. The van der Waals surface area contributed by atoms with Crippen LogP contribution in [0.1, 0.15) is 37.3 Å². The number of nitrogens with two attached hydrogens (primary N) is 5. The van der Waals surface area contributed by atoms with E-state index in [1.165, 1.54) is 0 Å². The number of aliphatic hydroxyl groups is 5. The van der Waals surface area contributed by atoms with Crippen LogP contribution in [0.15, 0.2) is 60.7 Å². The highest BCUT2D eigenvalue weighted by Crippen LogP contribution is 2.35. The summed E-state index contributed by atoms with van der Waals surface area (Å²) in [5.41, 5.74) is 33.7. The maximum atomic E-state index is 11.5. The van der Waals surface area contributed by atoms with Gasteiger partial charge < -0.3 is 87.4 Å². The Balaban J connectivity index is 1.17. The summed E-state index contributed by atoms with van der Waals surface area (Å²) in [4.78, 5) is 2.32. The second-order valence-corrected chi connectivity index (χ2v) is 15.8. The van der Waals surface area contributed by atoms with Crippen LogP contribution in [-0.4, -0.2) is 167 Å². The van der Waals surface area contributed by atoms with Gasteiger partial charge in [0.05, 0.1) is 50.2 Å². The molecule has 18 nitrogen and oxygen atoms in total. The molecular weight excluding hydrogens is 756 g/mol. The standard InChI is InChI=1S/C40H64N6O12/c1-2-46(17-21-9-5-3-6-10-21)26(20-52-19-22-11-7-4-8-12-22)27-14-13-23(42)38(53-27)56-35-25(44)15-24(43)31(48)37(35)58-40-34(51)36(29(18-47)55-40)57-39-30(45)33(50)32(49)28(16-41)54-39/h3-12,23-40,47-51H,2,13-20,41-45H2,1H3/t23-,24-,25+,26-,27+,28+,29-,30-,31+,32-,33-,34-,35-,36-,37-,38-,39-,40+/m1/s1. The molecule has 18 atom stereocenters. The molecule has 4 aliphatic rings. The third-order valence-electron chi connectivity index (χ3n) is 11.8. The van der Waals surface area contributed by atoms with Gasteiger partial charge in [-0.25, -0.2) is 0 Å². The quantitative estimate of drug-likeness (QED) is 0.0777. The van der Waals surface area contributed by atoms with Crippen LogP contribution in [0, 0.1) is 0 Å². The Kier molecular flexibility index (Phi) is 16.4. The van der Waals surface area contributed by atoms with Gasteiger partial charge >= 0.3 is 0 Å². The van der Waals surface area contributed by atoms with Crippen LogP contribution in [0.5, 0.6) is 0 Å². The van der Waals surface area contributed by atoms with E-state index in [1.54, 1.807) is 0 Å². The van der Waals surface area contributed by atoms with Crippen LogP contribution < -0.4 is 28.7 Å². The van der Waals surface area contributed by atoms with Crippen LogP contribution in [0.4, 0.5) is 0 Å². The number of ether oxygens (including phenoxy) is 7. The van der Waals surface area contributed by atoms with Crippen LogP contribution in [0.25, 0.3) is 0 Å². The molecular formula is C40H64N6O12. The first-order valence-corrected chi connectivity index (χ1v) is 20.3. The number of likely N-dealkylation sites (N-methyl/N-ethyl adjacent to an activating group) is 1. The van der Waals surface area contributed by atoms with Crippen molar-refractivity contribution in [2.24, 2.45) is 28.7 Å². The third kappa shape index (κ3) is 10.6. The molecule has 6 rings (SSSR count). The van der Waals surface area contributed by atoms with Crippen molar-refractivity contribution in [3.8, 4) is 0 Å². The molecule has 58 heavy (non-hydrogen) atoms. The highest BCUT2D eigenvalue weighted by molar-refractivity contribution is 5.15. The average Bonchev–Trinajstić information content (AvgIpc) is 3.53. The van der Waals surface area contributed by atoms with Crippen molar-refractivity contribution in [1.29, 1.82) is 0 Å². The molecule has 15 N–H and O–H groups in total. The van der Waals surface area contributed by atoms with Gasteiger partial charge in [-0.05, 0) is 36.9 Å². The van der Waals surface area contributed by atoms with Crippen molar-refractivity contribution in [2.75, 3.05) is 26.3 Å². The molecule has 1 saturated carbocycles. The van der Waals surface area contributed by atoms with E-state index in [1.807, 2.05) is 48.5 Å². The largest absolute Gasteiger partial charge is 0.394 e. The normalized spacial score (nSPS) is 40.2. The van der Waals surface area contributed by atoms with Crippen LogP contribution in [0.3, 0.4) is 0 Å². The summed E-state index contributed by atoms with van der Waals surface area (Å²) in [7, 11) is 0. The minimum absolute atomic E-state index is 0.145. The van der Waals surface area contributed by atoms with E-state index >= 15 is 0 Å². The van der Waals surface area contributed by atoms with E-state index in [2.05, 4.69) is 24.0 Å². The molecule has 4 fully saturated rings. The van der Waals surface area contributed by atoms with E-state index in [-0.39, 0.29) is 25.1 Å². The average molecular weight is 821 g/mol. The van der Waals surface area contributed by atoms with Gasteiger partial charge in [0.15, 0.2) is 18.9 Å². The van der Waals surface area contributed by atoms with Gasteiger partial charge in [0.25, 0.3) is 0 Å². The molecule has 2 aromatic carbocycles. The van der Waals surface area contributed by atoms with Crippen LogP contribution >= 0.6 is 0 Å². The Hall–Kier alpha value is -2.28. The molecule has 0 amide bonds. The number of hydrogen-bond donors (Lipinski definition) is 10. The Labute approximate surface area is 339 Å². The molecule has 1 aliphatic carbocycles. The van der Waals surface area contributed by atoms with E-state index in [0.29, 0.717) is 32.6 Å². The first-order chi connectivity index (χ1) is 27.9. The molecule has 3 heterocycles. The molecule has 0 aromatic heterocycles. The highest BCUT2D eigenvalue weighted by Gasteiger charge is 2.54. The minimum Gasteiger partial charge on any atom is -0.394 e. The van der Waals surface area contributed by atoms with E-state index in [9.17, 15) is 25.5 Å².